The largest absolute Gasteiger partial charge is 0.302 e. The fourth-order valence-electron chi connectivity index (χ4n) is 3.21. The average Bonchev–Trinajstić information content (AvgIpc) is 2.94. The third-order valence-electron chi connectivity index (χ3n) is 4.65. The van der Waals surface area contributed by atoms with Crippen LogP contribution in [0.2, 0.25) is 0 Å². The summed E-state index contributed by atoms with van der Waals surface area (Å²) >= 11 is 1.61. The van der Waals surface area contributed by atoms with Gasteiger partial charge in [-0.25, -0.2) is 4.98 Å². The lowest BCUT2D eigenvalue weighted by Crippen LogP contribution is -2.38. The Bertz CT molecular complexity index is 600. The molecule has 0 bridgehead atoms. The van der Waals surface area contributed by atoms with E-state index in [1.165, 1.54) is 4.88 Å². The summed E-state index contributed by atoms with van der Waals surface area (Å²) in [5, 5.41) is 12.4. The van der Waals surface area contributed by atoms with Crippen LogP contribution < -0.4 is 5.32 Å². The van der Waals surface area contributed by atoms with E-state index in [9.17, 15) is 4.79 Å². The van der Waals surface area contributed by atoms with Gasteiger partial charge in [-0.15, -0.1) is 11.3 Å². The van der Waals surface area contributed by atoms with Crippen molar-refractivity contribution < 1.29 is 4.79 Å². The molecule has 7 heteroatoms. The summed E-state index contributed by atoms with van der Waals surface area (Å²) in [6.45, 7) is 4.58. The topological polar surface area (TPSA) is 72.3 Å². The van der Waals surface area contributed by atoms with E-state index in [1.807, 2.05) is 0 Å². The minimum absolute atomic E-state index is 0.0666. The number of hydrogen-bond donors (Lipinski definition) is 1. The first-order chi connectivity index (χ1) is 11.2. The number of carbonyl (C=O) groups excluding carboxylic acids is 1. The van der Waals surface area contributed by atoms with Gasteiger partial charge in [0.2, 0.25) is 5.91 Å². The van der Waals surface area contributed by atoms with Gasteiger partial charge in [0.05, 0.1) is 11.8 Å². The van der Waals surface area contributed by atoms with Crippen molar-refractivity contribution >= 4 is 22.4 Å². The van der Waals surface area contributed by atoms with Crippen LogP contribution in [0.25, 0.3) is 0 Å². The zero-order chi connectivity index (χ0) is 16.2. The first kappa shape index (κ1) is 16.4. The molecule has 2 aliphatic heterocycles. The summed E-state index contributed by atoms with van der Waals surface area (Å²) in [5.74, 6) is 0.168. The van der Waals surface area contributed by atoms with E-state index in [2.05, 4.69) is 33.2 Å². The molecular formula is C16H23N5OS. The molecule has 1 saturated heterocycles. The van der Waals surface area contributed by atoms with Gasteiger partial charge in [-0.3, -0.25) is 4.79 Å². The van der Waals surface area contributed by atoms with Crippen LogP contribution in [0.1, 0.15) is 29.8 Å². The minimum Gasteiger partial charge on any atom is -0.302 e. The minimum atomic E-state index is 0.0666. The highest BCUT2D eigenvalue weighted by molar-refractivity contribution is 7.15. The van der Waals surface area contributed by atoms with Gasteiger partial charge in [0.15, 0.2) is 5.13 Å². The Labute approximate surface area is 141 Å². The molecule has 1 amide bonds. The molecule has 1 N–H and O–H groups in total. The highest BCUT2D eigenvalue weighted by Crippen LogP contribution is 2.28. The van der Waals surface area contributed by atoms with Crippen LogP contribution in [-0.4, -0.2) is 53.9 Å². The van der Waals surface area contributed by atoms with Crippen molar-refractivity contribution in [2.75, 3.05) is 38.5 Å². The zero-order valence-corrected chi connectivity index (χ0v) is 14.4. The predicted octanol–water partition coefficient (Wildman–Crippen LogP) is 1.70. The predicted molar refractivity (Wildman–Crippen MR) is 90.2 cm³/mol. The Balaban J connectivity index is 1.51. The normalized spacial score (nSPS) is 20.0. The summed E-state index contributed by atoms with van der Waals surface area (Å²) in [5.41, 5.74) is 1.15. The summed E-state index contributed by atoms with van der Waals surface area (Å²) in [4.78, 5) is 22.9. The number of nitriles is 1. The molecule has 0 aromatic carbocycles. The van der Waals surface area contributed by atoms with E-state index in [-0.39, 0.29) is 11.8 Å². The van der Waals surface area contributed by atoms with Crippen LogP contribution in [0.3, 0.4) is 0 Å². The Morgan fingerprint density at radius 2 is 2.22 bits per heavy atom. The van der Waals surface area contributed by atoms with Crippen molar-refractivity contribution in [3.63, 3.8) is 0 Å². The Kier molecular flexibility index (Phi) is 5.26. The van der Waals surface area contributed by atoms with Crippen molar-refractivity contribution in [1.29, 1.82) is 5.26 Å². The standard InChI is InChI=1S/C16H23N5OS/c1-20-8-5-13-14(11-20)23-16(18-13)19-15(22)12-3-9-21(10-4-12)7-2-6-17/h12H,2-5,7-11H2,1H3,(H,18,19,22). The molecule has 6 nitrogen and oxygen atoms in total. The van der Waals surface area contributed by atoms with Gasteiger partial charge < -0.3 is 15.1 Å². The lowest BCUT2D eigenvalue weighted by Gasteiger charge is -2.30. The molecule has 3 heterocycles. The fraction of sp³-hybridized carbons (Fsp3) is 0.688. The fourth-order valence-corrected chi connectivity index (χ4v) is 4.30. The van der Waals surface area contributed by atoms with Crippen LogP contribution in [0.4, 0.5) is 5.13 Å². The van der Waals surface area contributed by atoms with Crippen LogP contribution in [0, 0.1) is 17.2 Å². The van der Waals surface area contributed by atoms with Gasteiger partial charge in [0, 0.05) is 43.3 Å². The first-order valence-corrected chi connectivity index (χ1v) is 9.04. The summed E-state index contributed by atoms with van der Waals surface area (Å²) in [6, 6.07) is 2.18. The van der Waals surface area contributed by atoms with Crippen molar-refractivity contribution in [3.05, 3.63) is 10.6 Å². The SMILES string of the molecule is CN1CCc2nc(NC(=O)C3CCN(CCC#N)CC3)sc2C1. The van der Waals surface area contributed by atoms with Crippen molar-refractivity contribution in [1.82, 2.24) is 14.8 Å². The average molecular weight is 333 g/mol. The molecule has 3 rings (SSSR count). The number of amides is 1. The Morgan fingerprint density at radius 1 is 1.43 bits per heavy atom. The third kappa shape index (κ3) is 4.08. The molecule has 23 heavy (non-hydrogen) atoms. The number of likely N-dealkylation sites (tertiary alicyclic amines) is 1. The number of piperidine rings is 1. The molecule has 124 valence electrons. The first-order valence-electron chi connectivity index (χ1n) is 8.23. The van der Waals surface area contributed by atoms with Crippen molar-refractivity contribution in [2.45, 2.75) is 32.2 Å². The molecule has 0 atom stereocenters. The number of aromatic nitrogens is 1. The lowest BCUT2D eigenvalue weighted by molar-refractivity contribution is -0.121. The number of nitrogens with zero attached hydrogens (tertiary/aromatic N) is 4. The molecule has 2 aliphatic rings. The monoisotopic (exact) mass is 333 g/mol. The van der Waals surface area contributed by atoms with Crippen LogP contribution >= 0.6 is 11.3 Å². The molecule has 1 fully saturated rings. The van der Waals surface area contributed by atoms with E-state index in [0.29, 0.717) is 6.42 Å². The van der Waals surface area contributed by atoms with Gasteiger partial charge in [0.1, 0.15) is 0 Å². The summed E-state index contributed by atoms with van der Waals surface area (Å²) in [7, 11) is 2.11. The zero-order valence-electron chi connectivity index (χ0n) is 13.5. The summed E-state index contributed by atoms with van der Waals surface area (Å²) < 4.78 is 0. The van der Waals surface area contributed by atoms with Crippen molar-refractivity contribution in [2.24, 2.45) is 5.92 Å². The highest BCUT2D eigenvalue weighted by atomic mass is 32.1. The Morgan fingerprint density at radius 3 is 2.96 bits per heavy atom. The number of anilines is 1. The van der Waals surface area contributed by atoms with Crippen LogP contribution in [0.5, 0.6) is 0 Å². The molecule has 0 spiro atoms. The molecule has 0 radical (unpaired) electrons. The molecular weight excluding hydrogens is 310 g/mol. The third-order valence-corrected chi connectivity index (χ3v) is 5.65. The second-order valence-corrected chi connectivity index (χ2v) is 7.47. The molecule has 0 aliphatic carbocycles. The van der Waals surface area contributed by atoms with Crippen molar-refractivity contribution in [3.8, 4) is 6.07 Å². The lowest BCUT2D eigenvalue weighted by atomic mass is 9.96. The molecule has 0 unspecified atom stereocenters. The van der Waals surface area contributed by atoms with E-state index in [0.717, 1.165) is 62.8 Å². The maximum atomic E-state index is 12.4. The second-order valence-electron chi connectivity index (χ2n) is 6.39. The smallest absolute Gasteiger partial charge is 0.229 e. The number of fused-ring (bicyclic) bond motifs is 1. The van der Waals surface area contributed by atoms with E-state index < -0.39 is 0 Å². The maximum Gasteiger partial charge on any atom is 0.229 e. The highest BCUT2D eigenvalue weighted by Gasteiger charge is 2.26. The van der Waals surface area contributed by atoms with Gasteiger partial charge in [-0.2, -0.15) is 5.26 Å². The number of nitrogens with one attached hydrogen (secondary N) is 1. The van der Waals surface area contributed by atoms with Gasteiger partial charge >= 0.3 is 0 Å². The van der Waals surface area contributed by atoms with E-state index in [4.69, 9.17) is 5.26 Å². The van der Waals surface area contributed by atoms with Gasteiger partial charge in [-0.05, 0) is 33.0 Å². The van der Waals surface area contributed by atoms with E-state index >= 15 is 0 Å². The maximum absolute atomic E-state index is 12.4. The van der Waals surface area contributed by atoms with E-state index in [1.54, 1.807) is 11.3 Å². The Hall–Kier alpha value is -1.49. The number of carbonyl (C=O) groups is 1. The summed E-state index contributed by atoms with van der Waals surface area (Å²) in [6.07, 6.45) is 3.27. The molecule has 0 saturated carbocycles. The van der Waals surface area contributed by atoms with Gasteiger partial charge in [0.25, 0.3) is 0 Å². The van der Waals surface area contributed by atoms with Crippen LogP contribution in [-0.2, 0) is 17.8 Å². The molecule has 1 aromatic rings. The number of rotatable bonds is 4. The van der Waals surface area contributed by atoms with Crippen LogP contribution in [0.15, 0.2) is 0 Å². The number of hydrogen-bond acceptors (Lipinski definition) is 6. The number of thiazole rings is 1. The quantitative estimate of drug-likeness (QED) is 0.908. The molecule has 1 aromatic heterocycles. The van der Waals surface area contributed by atoms with Gasteiger partial charge in [-0.1, -0.05) is 0 Å². The second kappa shape index (κ2) is 7.39. The number of likely N-dealkylation sites (N-methyl/N-ethyl adjacent to an activating group) is 1.